The zero-order chi connectivity index (χ0) is 28.5. The number of piperazine rings is 1. The minimum atomic E-state index is -0.577. The highest BCUT2D eigenvalue weighted by atomic mass is 32.2. The predicted molar refractivity (Wildman–Crippen MR) is 151 cm³/mol. The molecule has 0 N–H and O–H groups in total. The van der Waals surface area contributed by atoms with Gasteiger partial charge in [-0.25, -0.2) is 19.6 Å². The molecule has 10 nitrogen and oxygen atoms in total. The Morgan fingerprint density at radius 3 is 2.55 bits per heavy atom. The maximum Gasteiger partial charge on any atom is 0.411 e. The zero-order valence-electron chi connectivity index (χ0n) is 23.6. The van der Waals surface area contributed by atoms with Crippen LogP contribution in [0.25, 0.3) is 0 Å². The van der Waals surface area contributed by atoms with E-state index in [1.165, 1.54) is 11.8 Å². The normalized spacial score (nSPS) is 19.6. The van der Waals surface area contributed by atoms with Gasteiger partial charge in [-0.2, -0.15) is 5.26 Å². The van der Waals surface area contributed by atoms with Gasteiger partial charge in [-0.15, -0.1) is 0 Å². The summed E-state index contributed by atoms with van der Waals surface area (Å²) in [6.45, 7) is 7.64. The molecule has 0 radical (unpaired) electrons. The SMILES string of the molecule is CSc1nc2c(c(N3CCN(C(=O)OCc4ccccc4)[C@@H](CC#N)C3)n1)CC1(CC1)N(C(=O)OC(C)(C)C)C2. The third kappa shape index (κ3) is 5.97. The quantitative estimate of drug-likeness (QED) is 0.375. The van der Waals surface area contributed by atoms with Gasteiger partial charge in [0.15, 0.2) is 5.16 Å². The average molecular weight is 565 g/mol. The molecule has 2 amide bonds. The van der Waals surface area contributed by atoms with Crippen LogP contribution in [0.4, 0.5) is 15.4 Å². The molecule has 212 valence electrons. The first-order chi connectivity index (χ1) is 19.1. The first kappa shape index (κ1) is 28.0. The second-order valence-electron chi connectivity index (χ2n) is 11.6. The molecule has 1 atom stereocenters. The largest absolute Gasteiger partial charge is 0.445 e. The molecule has 0 unspecified atom stereocenters. The number of hydrogen-bond acceptors (Lipinski definition) is 9. The molecule has 11 heteroatoms. The Morgan fingerprint density at radius 2 is 1.90 bits per heavy atom. The van der Waals surface area contributed by atoms with Crippen molar-refractivity contribution >= 4 is 29.8 Å². The molecule has 1 saturated carbocycles. The summed E-state index contributed by atoms with van der Waals surface area (Å²) in [4.78, 5) is 41.6. The van der Waals surface area contributed by atoms with E-state index in [1.54, 1.807) is 4.90 Å². The predicted octanol–water partition coefficient (Wildman–Crippen LogP) is 4.77. The van der Waals surface area contributed by atoms with Crippen molar-refractivity contribution in [3.05, 3.63) is 47.2 Å². The number of nitrogens with zero attached hydrogens (tertiary/aromatic N) is 6. The number of aromatic nitrogens is 2. The van der Waals surface area contributed by atoms with Crippen LogP contribution in [0.3, 0.4) is 0 Å². The molecule has 1 aromatic heterocycles. The Kier molecular flexibility index (Phi) is 7.82. The Bertz CT molecular complexity index is 1300. The summed E-state index contributed by atoms with van der Waals surface area (Å²) < 4.78 is 11.3. The van der Waals surface area contributed by atoms with Gasteiger partial charge in [0.1, 0.15) is 18.0 Å². The lowest BCUT2D eigenvalue weighted by Crippen LogP contribution is -2.56. The lowest BCUT2D eigenvalue weighted by Gasteiger charge is -2.43. The first-order valence-electron chi connectivity index (χ1n) is 13.7. The van der Waals surface area contributed by atoms with E-state index in [9.17, 15) is 14.9 Å². The van der Waals surface area contributed by atoms with Crippen molar-refractivity contribution in [3.63, 3.8) is 0 Å². The molecule has 40 heavy (non-hydrogen) atoms. The smallest absolute Gasteiger partial charge is 0.411 e. The molecule has 1 saturated heterocycles. The summed E-state index contributed by atoms with van der Waals surface area (Å²) in [5.41, 5.74) is 1.94. The van der Waals surface area contributed by atoms with Gasteiger partial charge >= 0.3 is 12.2 Å². The summed E-state index contributed by atoms with van der Waals surface area (Å²) in [5, 5.41) is 10.2. The monoisotopic (exact) mass is 564 g/mol. The Hall–Kier alpha value is -3.52. The van der Waals surface area contributed by atoms with Crippen LogP contribution < -0.4 is 4.90 Å². The number of anilines is 1. The van der Waals surface area contributed by atoms with Crippen molar-refractivity contribution in [1.82, 2.24) is 19.8 Å². The fourth-order valence-electron chi connectivity index (χ4n) is 5.44. The van der Waals surface area contributed by atoms with Crippen LogP contribution in [0.2, 0.25) is 0 Å². The lowest BCUT2D eigenvalue weighted by molar-refractivity contribution is 0.00775. The van der Waals surface area contributed by atoms with Crippen LogP contribution in [0.5, 0.6) is 0 Å². The minimum Gasteiger partial charge on any atom is -0.445 e. The van der Waals surface area contributed by atoms with Gasteiger partial charge in [0.25, 0.3) is 0 Å². The fourth-order valence-corrected chi connectivity index (χ4v) is 5.82. The second-order valence-corrected chi connectivity index (χ2v) is 12.4. The fraction of sp³-hybridized carbons (Fsp3) is 0.552. The number of nitriles is 1. The van der Waals surface area contributed by atoms with E-state index < -0.39 is 11.7 Å². The molecule has 2 aromatic rings. The molecule has 2 fully saturated rings. The highest BCUT2D eigenvalue weighted by Gasteiger charge is 2.55. The molecule has 1 spiro atoms. The van der Waals surface area contributed by atoms with Crippen molar-refractivity contribution in [3.8, 4) is 6.07 Å². The molecule has 3 heterocycles. The molecule has 1 aromatic carbocycles. The number of rotatable bonds is 5. The van der Waals surface area contributed by atoms with Gasteiger partial charge in [-0.1, -0.05) is 42.1 Å². The van der Waals surface area contributed by atoms with Crippen molar-refractivity contribution in [1.29, 1.82) is 5.26 Å². The van der Waals surface area contributed by atoms with Crippen molar-refractivity contribution < 1.29 is 19.1 Å². The molecular weight excluding hydrogens is 528 g/mol. The van der Waals surface area contributed by atoms with E-state index in [1.807, 2.05) is 62.3 Å². The highest BCUT2D eigenvalue weighted by Crippen LogP contribution is 2.50. The lowest BCUT2D eigenvalue weighted by atomic mass is 9.95. The standard InChI is InChI=1S/C29H36N6O4S/c1-28(2,3)39-27(37)35-18-23-22(16-29(35)11-12-29)24(32-25(31-23)40-4)33-14-15-34(21(17-33)10-13-30)26(36)38-19-20-8-6-5-7-9-20/h5-9,21H,10-12,14-19H2,1-4H3/t21-/m0/s1. The van der Waals surface area contributed by atoms with Gasteiger partial charge in [0, 0.05) is 31.6 Å². The molecule has 3 aliphatic rings. The average Bonchev–Trinajstić information content (AvgIpc) is 3.69. The number of ether oxygens (including phenoxy) is 2. The van der Waals surface area contributed by atoms with Gasteiger partial charge < -0.3 is 19.3 Å². The number of benzene rings is 1. The maximum atomic E-state index is 13.1. The Labute approximate surface area is 239 Å². The van der Waals surface area contributed by atoms with E-state index in [0.29, 0.717) is 37.8 Å². The number of amides is 2. The summed E-state index contributed by atoms with van der Waals surface area (Å²) in [5.74, 6) is 0.838. The molecular formula is C29H36N6O4S. The van der Waals surface area contributed by atoms with E-state index in [4.69, 9.17) is 19.4 Å². The maximum absolute atomic E-state index is 13.1. The number of thioether (sulfide) groups is 1. The van der Waals surface area contributed by atoms with E-state index in [0.717, 1.165) is 35.5 Å². The molecule has 5 rings (SSSR count). The van der Waals surface area contributed by atoms with Crippen molar-refractivity contribution in [2.75, 3.05) is 30.8 Å². The minimum absolute atomic E-state index is 0.186. The number of hydrogen-bond donors (Lipinski definition) is 0. The Balaban J connectivity index is 1.36. The third-order valence-corrected chi connectivity index (χ3v) is 8.16. The Morgan fingerprint density at radius 1 is 1.15 bits per heavy atom. The number of carbonyl (C=O) groups is 2. The van der Waals surface area contributed by atoms with E-state index in [2.05, 4.69) is 11.0 Å². The van der Waals surface area contributed by atoms with Crippen LogP contribution >= 0.6 is 11.8 Å². The summed E-state index contributed by atoms with van der Waals surface area (Å²) in [6.07, 6.45) is 3.88. The highest BCUT2D eigenvalue weighted by molar-refractivity contribution is 7.98. The molecule has 2 aliphatic heterocycles. The topological polar surface area (TPSA) is 112 Å². The number of carbonyl (C=O) groups excluding carboxylic acids is 2. The van der Waals surface area contributed by atoms with Crippen LogP contribution in [-0.2, 0) is 29.0 Å². The van der Waals surface area contributed by atoms with Crippen LogP contribution in [0, 0.1) is 11.3 Å². The van der Waals surface area contributed by atoms with Gasteiger partial charge in [0.2, 0.25) is 0 Å². The molecule has 0 bridgehead atoms. The summed E-state index contributed by atoms with van der Waals surface area (Å²) in [6, 6.07) is 11.5. The first-order valence-corrected chi connectivity index (χ1v) is 14.9. The zero-order valence-corrected chi connectivity index (χ0v) is 24.4. The van der Waals surface area contributed by atoms with Gasteiger partial charge in [0.05, 0.1) is 36.3 Å². The van der Waals surface area contributed by atoms with Crippen LogP contribution in [0.1, 0.15) is 56.9 Å². The number of fused-ring (bicyclic) bond motifs is 1. The summed E-state index contributed by atoms with van der Waals surface area (Å²) in [7, 11) is 0. The van der Waals surface area contributed by atoms with Gasteiger partial charge in [-0.05, 0) is 45.4 Å². The third-order valence-electron chi connectivity index (χ3n) is 7.61. The molecule has 1 aliphatic carbocycles. The van der Waals surface area contributed by atoms with Crippen molar-refractivity contribution in [2.24, 2.45) is 0 Å². The summed E-state index contributed by atoms with van der Waals surface area (Å²) >= 11 is 1.46. The van der Waals surface area contributed by atoms with Crippen LogP contribution in [0.15, 0.2) is 35.5 Å². The van der Waals surface area contributed by atoms with Crippen LogP contribution in [-0.4, -0.2) is 75.0 Å². The van der Waals surface area contributed by atoms with E-state index >= 15 is 0 Å². The van der Waals surface area contributed by atoms with Crippen molar-refractivity contribution in [2.45, 2.75) is 81.9 Å². The van der Waals surface area contributed by atoms with E-state index in [-0.39, 0.29) is 30.7 Å². The van der Waals surface area contributed by atoms with Gasteiger partial charge in [-0.3, -0.25) is 4.90 Å². The second kappa shape index (κ2) is 11.2.